The predicted molar refractivity (Wildman–Crippen MR) is 226 cm³/mol. The lowest BCUT2D eigenvalue weighted by Crippen LogP contribution is -1.98. The lowest BCUT2D eigenvalue weighted by molar-refractivity contribution is 1.16. The zero-order valence-electron chi connectivity index (χ0n) is 29.5. The molecule has 0 aliphatic carbocycles. The first-order valence-corrected chi connectivity index (χ1v) is 18.3. The fraction of sp³-hybridized carbons (Fsp3) is 0. The molecule has 0 amide bonds. The Morgan fingerprint density at radius 2 is 0.909 bits per heavy atom. The predicted octanol–water partition coefficient (Wildman–Crippen LogP) is 13.1. The fourth-order valence-corrected chi connectivity index (χ4v) is 8.77. The highest BCUT2D eigenvalue weighted by Gasteiger charge is 2.19. The van der Waals surface area contributed by atoms with E-state index < -0.39 is 0 Å². The van der Waals surface area contributed by atoms with Crippen molar-refractivity contribution in [1.29, 1.82) is 5.26 Å². The summed E-state index contributed by atoms with van der Waals surface area (Å²) in [6, 6.07) is 63.7. The summed E-state index contributed by atoms with van der Waals surface area (Å²) in [5, 5.41) is 17.2. The standard InChI is InChI=1S/C50H29N5/c1-52-43-18-11-23-49-50(43)40-17-5-9-22-47(40)55(49)35-25-24-33(31-51)41(29-35)32-12-10-13-34(28-32)53-46-21-8-4-16-39(46)42-30-36(26-27-48(42)53)54-44-19-6-2-14-37(44)38-15-3-7-20-45(38)54/h2-30H. The Labute approximate surface area is 316 Å². The Morgan fingerprint density at radius 1 is 0.418 bits per heavy atom. The first-order valence-electron chi connectivity index (χ1n) is 18.3. The van der Waals surface area contributed by atoms with Crippen LogP contribution in [0.1, 0.15) is 5.56 Å². The first kappa shape index (κ1) is 30.7. The van der Waals surface area contributed by atoms with Gasteiger partial charge in [-0.1, -0.05) is 97.1 Å². The van der Waals surface area contributed by atoms with Gasteiger partial charge in [0.15, 0.2) is 5.69 Å². The molecule has 55 heavy (non-hydrogen) atoms. The Morgan fingerprint density at radius 3 is 1.56 bits per heavy atom. The van der Waals surface area contributed by atoms with Crippen LogP contribution in [-0.2, 0) is 0 Å². The maximum atomic E-state index is 10.4. The molecular weight excluding hydrogens is 671 g/mol. The Balaban J connectivity index is 1.10. The van der Waals surface area contributed by atoms with Crippen LogP contribution in [0.25, 0.3) is 98.5 Å². The molecule has 5 heteroatoms. The van der Waals surface area contributed by atoms with Crippen molar-refractivity contribution < 1.29 is 0 Å². The van der Waals surface area contributed by atoms with Crippen LogP contribution in [0.2, 0.25) is 0 Å². The van der Waals surface area contributed by atoms with Crippen molar-refractivity contribution in [3.05, 3.63) is 193 Å². The molecular formula is C50H29N5. The average Bonchev–Trinajstić information content (AvgIpc) is 3.89. The van der Waals surface area contributed by atoms with Gasteiger partial charge in [-0.25, -0.2) is 4.85 Å². The molecule has 3 heterocycles. The van der Waals surface area contributed by atoms with Crippen LogP contribution in [0.15, 0.2) is 176 Å². The molecule has 11 rings (SSSR count). The van der Waals surface area contributed by atoms with Crippen molar-refractivity contribution in [1.82, 2.24) is 13.7 Å². The summed E-state index contributed by atoms with van der Waals surface area (Å²) in [5.74, 6) is 0. The van der Waals surface area contributed by atoms with E-state index in [2.05, 4.69) is 164 Å². The van der Waals surface area contributed by atoms with E-state index in [0.29, 0.717) is 11.3 Å². The topological polar surface area (TPSA) is 42.9 Å². The van der Waals surface area contributed by atoms with Gasteiger partial charge in [-0.2, -0.15) is 5.26 Å². The van der Waals surface area contributed by atoms with Gasteiger partial charge in [0, 0.05) is 55.1 Å². The molecule has 3 aromatic heterocycles. The number of rotatable bonds is 4. The molecule has 0 atom stereocenters. The Hall–Kier alpha value is -7.86. The van der Waals surface area contributed by atoms with Crippen LogP contribution in [0.3, 0.4) is 0 Å². The molecule has 0 N–H and O–H groups in total. The van der Waals surface area contributed by atoms with E-state index in [9.17, 15) is 5.26 Å². The molecule has 0 fully saturated rings. The molecule has 0 aliphatic rings. The molecule has 0 saturated carbocycles. The van der Waals surface area contributed by atoms with Gasteiger partial charge in [0.2, 0.25) is 0 Å². The molecule has 0 aliphatic heterocycles. The zero-order chi connectivity index (χ0) is 36.6. The van der Waals surface area contributed by atoms with Crippen LogP contribution in [0.5, 0.6) is 0 Å². The van der Waals surface area contributed by atoms with Crippen molar-refractivity contribution >= 4 is 71.1 Å². The number of aromatic nitrogens is 3. The minimum absolute atomic E-state index is 0.599. The van der Waals surface area contributed by atoms with Crippen molar-refractivity contribution in [2.75, 3.05) is 0 Å². The van der Waals surface area contributed by atoms with E-state index in [0.717, 1.165) is 61.0 Å². The van der Waals surface area contributed by atoms with Crippen molar-refractivity contribution in [2.24, 2.45) is 0 Å². The van der Waals surface area contributed by atoms with Crippen LogP contribution in [0, 0.1) is 17.9 Å². The van der Waals surface area contributed by atoms with Crippen LogP contribution >= 0.6 is 0 Å². The normalized spacial score (nSPS) is 11.6. The minimum Gasteiger partial charge on any atom is -0.311 e. The average molecular weight is 700 g/mol. The van der Waals surface area contributed by atoms with E-state index in [4.69, 9.17) is 6.57 Å². The van der Waals surface area contributed by atoms with Crippen molar-refractivity contribution in [3.63, 3.8) is 0 Å². The van der Waals surface area contributed by atoms with E-state index in [1.165, 1.54) is 32.6 Å². The third-order valence-electron chi connectivity index (χ3n) is 11.1. The zero-order valence-corrected chi connectivity index (χ0v) is 29.5. The van der Waals surface area contributed by atoms with Crippen LogP contribution < -0.4 is 0 Å². The van der Waals surface area contributed by atoms with E-state index in [1.54, 1.807) is 0 Å². The van der Waals surface area contributed by atoms with Gasteiger partial charge >= 0.3 is 0 Å². The summed E-state index contributed by atoms with van der Waals surface area (Å²) in [7, 11) is 0. The van der Waals surface area contributed by atoms with E-state index in [-0.39, 0.29) is 0 Å². The molecule has 0 bridgehead atoms. The monoisotopic (exact) mass is 699 g/mol. The highest BCUT2D eigenvalue weighted by molar-refractivity contribution is 6.15. The molecule has 0 unspecified atom stereocenters. The lowest BCUT2D eigenvalue weighted by atomic mass is 9.99. The van der Waals surface area contributed by atoms with Gasteiger partial charge in [-0.05, 0) is 89.8 Å². The van der Waals surface area contributed by atoms with Gasteiger partial charge in [-0.15, -0.1) is 0 Å². The maximum Gasteiger partial charge on any atom is 0.197 e. The van der Waals surface area contributed by atoms with Crippen LogP contribution in [0.4, 0.5) is 5.69 Å². The summed E-state index contributed by atoms with van der Waals surface area (Å²) in [6.07, 6.45) is 0. The summed E-state index contributed by atoms with van der Waals surface area (Å²) < 4.78 is 6.90. The summed E-state index contributed by atoms with van der Waals surface area (Å²) in [4.78, 5) is 3.86. The number of nitrogens with zero attached hydrogens (tertiary/aromatic N) is 5. The molecule has 0 radical (unpaired) electrons. The van der Waals surface area contributed by atoms with Crippen LogP contribution in [-0.4, -0.2) is 13.7 Å². The second-order valence-electron chi connectivity index (χ2n) is 14.0. The second-order valence-corrected chi connectivity index (χ2v) is 14.0. The number of fused-ring (bicyclic) bond motifs is 9. The van der Waals surface area contributed by atoms with Gasteiger partial charge in [0.1, 0.15) is 0 Å². The third-order valence-corrected chi connectivity index (χ3v) is 11.1. The number of para-hydroxylation sites is 4. The lowest BCUT2D eigenvalue weighted by Gasteiger charge is -2.14. The largest absolute Gasteiger partial charge is 0.311 e. The van der Waals surface area contributed by atoms with Gasteiger partial charge in [0.25, 0.3) is 0 Å². The smallest absolute Gasteiger partial charge is 0.197 e. The Bertz CT molecular complexity index is 3420. The number of hydrogen-bond acceptors (Lipinski definition) is 1. The third kappa shape index (κ3) is 4.45. The Kier molecular flexibility index (Phi) is 6.61. The summed E-state index contributed by atoms with van der Waals surface area (Å²) in [6.45, 7) is 7.87. The molecule has 8 aromatic carbocycles. The van der Waals surface area contributed by atoms with E-state index in [1.807, 2.05) is 36.4 Å². The summed E-state index contributed by atoms with van der Waals surface area (Å²) in [5.41, 5.74) is 12.7. The molecule has 11 aromatic rings. The van der Waals surface area contributed by atoms with Gasteiger partial charge < -0.3 is 13.7 Å². The van der Waals surface area contributed by atoms with Gasteiger partial charge in [0.05, 0.1) is 45.8 Å². The van der Waals surface area contributed by atoms with Crippen molar-refractivity contribution in [3.8, 4) is 34.3 Å². The van der Waals surface area contributed by atoms with E-state index >= 15 is 0 Å². The first-order chi connectivity index (χ1) is 27.2. The molecule has 254 valence electrons. The number of hydrogen-bond donors (Lipinski definition) is 0. The molecule has 0 saturated heterocycles. The van der Waals surface area contributed by atoms with Gasteiger partial charge in [-0.3, -0.25) is 0 Å². The fourth-order valence-electron chi connectivity index (χ4n) is 8.77. The maximum absolute atomic E-state index is 10.4. The van der Waals surface area contributed by atoms with Crippen molar-refractivity contribution in [2.45, 2.75) is 0 Å². The molecule has 5 nitrogen and oxygen atoms in total. The highest BCUT2D eigenvalue weighted by atomic mass is 15.0. The SMILES string of the molecule is [C-]#[N+]c1cccc2c1c1ccccc1n2-c1ccc(C#N)c(-c2cccc(-n3c4ccccc4c4cc(-n5c6ccccc6c6ccccc65)ccc43)c2)c1. The highest BCUT2D eigenvalue weighted by Crippen LogP contribution is 2.40. The quantitative estimate of drug-likeness (QED) is 0.169. The minimum atomic E-state index is 0.599. The molecule has 0 spiro atoms. The summed E-state index contributed by atoms with van der Waals surface area (Å²) >= 11 is 0. The number of benzene rings is 8. The number of nitriles is 1. The second kappa shape index (κ2) is 11.8.